The fourth-order valence-corrected chi connectivity index (χ4v) is 6.23. The van der Waals surface area contributed by atoms with Crippen LogP contribution in [0, 0.1) is 11.8 Å². The zero-order valence-electron chi connectivity index (χ0n) is 20.1. The number of likely N-dealkylation sites (N-methyl/N-ethyl adjacent to an activating group) is 1. The molecule has 2 aromatic rings. The summed E-state index contributed by atoms with van der Waals surface area (Å²) in [6, 6.07) is 4.66. The predicted octanol–water partition coefficient (Wildman–Crippen LogP) is 4.13. The maximum atomic E-state index is 12.8. The van der Waals surface area contributed by atoms with Crippen LogP contribution in [-0.4, -0.2) is 69.7 Å². The Hall–Kier alpha value is -2.33. The standard InChI is InChI=1S/C24H33F3N6O/c1-13(2)33-20(10-19(30-33)15-7-21(23(28)29-11-15)34-24(25,26)27)22-17-8-16(9-18(17)22)32-6-5-31(4)12-14(32)3/h7,10-11,13-14,16-18,22H,5-6,8-9,12H2,1-4H3,(H2,28,29)/t14-,16-,17+,18-,22-/m0/s1. The van der Waals surface area contributed by atoms with E-state index in [0.29, 0.717) is 41.1 Å². The van der Waals surface area contributed by atoms with Gasteiger partial charge in [0.25, 0.3) is 0 Å². The second kappa shape index (κ2) is 8.41. The second-order valence-corrected chi connectivity index (χ2v) is 10.5. The first-order valence-electron chi connectivity index (χ1n) is 12.1. The van der Waals surface area contributed by atoms with Crippen LogP contribution in [-0.2, 0) is 0 Å². The molecule has 0 spiro atoms. The van der Waals surface area contributed by atoms with Gasteiger partial charge in [0.2, 0.25) is 0 Å². The normalized spacial score (nSPS) is 30.1. The quantitative estimate of drug-likeness (QED) is 0.697. The number of aromatic nitrogens is 3. The van der Waals surface area contributed by atoms with E-state index in [2.05, 4.69) is 47.3 Å². The summed E-state index contributed by atoms with van der Waals surface area (Å²) in [6.45, 7) is 9.86. The van der Waals surface area contributed by atoms with Gasteiger partial charge < -0.3 is 15.4 Å². The van der Waals surface area contributed by atoms with E-state index in [1.165, 1.54) is 30.8 Å². The predicted molar refractivity (Wildman–Crippen MR) is 123 cm³/mol. The SMILES string of the molecule is CC(C)n1nc(-c2cnc(N)c(OC(F)(F)F)c2)cc1[C@H]1[C@@H]2C[C@H](N3CCN(C)C[C@@H]3C)C[C@@H]21. The van der Waals surface area contributed by atoms with E-state index in [1.54, 1.807) is 0 Å². The molecule has 0 bridgehead atoms. The molecule has 0 unspecified atom stereocenters. The zero-order chi connectivity index (χ0) is 24.4. The van der Waals surface area contributed by atoms with Crippen LogP contribution < -0.4 is 10.5 Å². The lowest BCUT2D eigenvalue weighted by Gasteiger charge is -2.42. The van der Waals surface area contributed by atoms with Crippen molar-refractivity contribution in [1.82, 2.24) is 24.6 Å². The third kappa shape index (κ3) is 4.37. The molecule has 3 fully saturated rings. The van der Waals surface area contributed by atoms with Crippen molar-refractivity contribution in [2.75, 3.05) is 32.4 Å². The minimum absolute atomic E-state index is 0.145. The van der Waals surface area contributed by atoms with Gasteiger partial charge in [-0.25, -0.2) is 4.98 Å². The number of piperazine rings is 1. The van der Waals surface area contributed by atoms with Crippen LogP contribution in [0.4, 0.5) is 19.0 Å². The van der Waals surface area contributed by atoms with Crippen molar-refractivity contribution in [3.05, 3.63) is 24.0 Å². The summed E-state index contributed by atoms with van der Waals surface area (Å²) in [4.78, 5) is 9.00. The van der Waals surface area contributed by atoms with E-state index < -0.39 is 12.1 Å². The van der Waals surface area contributed by atoms with Gasteiger partial charge in [0, 0.05) is 61.1 Å². The number of hydrogen-bond donors (Lipinski definition) is 1. The number of halogens is 3. The van der Waals surface area contributed by atoms with Crippen LogP contribution in [0.25, 0.3) is 11.3 Å². The summed E-state index contributed by atoms with van der Waals surface area (Å²) in [7, 11) is 2.19. The van der Waals surface area contributed by atoms with Crippen molar-refractivity contribution in [1.29, 1.82) is 0 Å². The monoisotopic (exact) mass is 478 g/mol. The first-order chi connectivity index (χ1) is 16.0. The average molecular weight is 479 g/mol. The first-order valence-corrected chi connectivity index (χ1v) is 12.1. The van der Waals surface area contributed by atoms with Gasteiger partial charge in [-0.15, -0.1) is 13.2 Å². The molecule has 5 rings (SSSR count). The van der Waals surface area contributed by atoms with Crippen molar-refractivity contribution in [3.63, 3.8) is 0 Å². The highest BCUT2D eigenvalue weighted by Crippen LogP contribution is 2.64. The van der Waals surface area contributed by atoms with Gasteiger partial charge in [-0.1, -0.05) is 0 Å². The van der Waals surface area contributed by atoms with E-state index in [1.807, 2.05) is 10.7 Å². The van der Waals surface area contributed by atoms with E-state index in [-0.39, 0.29) is 11.9 Å². The maximum Gasteiger partial charge on any atom is 0.573 e. The Bertz CT molecular complexity index is 1040. The van der Waals surface area contributed by atoms with E-state index >= 15 is 0 Å². The molecule has 3 heterocycles. The molecule has 0 amide bonds. The van der Waals surface area contributed by atoms with Gasteiger partial charge in [0.1, 0.15) is 0 Å². The molecule has 2 aromatic heterocycles. The van der Waals surface area contributed by atoms with Gasteiger partial charge in [-0.05, 0) is 64.6 Å². The average Bonchev–Trinajstić information content (AvgIpc) is 3.09. The molecule has 5 atom stereocenters. The fraction of sp³-hybridized carbons (Fsp3) is 0.667. The largest absolute Gasteiger partial charge is 0.573 e. The number of fused-ring (bicyclic) bond motifs is 1. The van der Waals surface area contributed by atoms with Crippen molar-refractivity contribution in [3.8, 4) is 17.0 Å². The molecule has 7 nitrogen and oxygen atoms in total. The van der Waals surface area contributed by atoms with Crippen LogP contribution in [0.1, 0.15) is 51.3 Å². The van der Waals surface area contributed by atoms with Crippen LogP contribution in [0.2, 0.25) is 0 Å². The maximum absolute atomic E-state index is 12.8. The number of hydrogen-bond acceptors (Lipinski definition) is 6. The lowest BCUT2D eigenvalue weighted by atomic mass is 10.00. The number of nitrogens with two attached hydrogens (primary N) is 1. The van der Waals surface area contributed by atoms with Crippen LogP contribution in [0.3, 0.4) is 0 Å². The number of rotatable bonds is 5. The van der Waals surface area contributed by atoms with Gasteiger partial charge in [0.05, 0.1) is 5.69 Å². The molecule has 10 heteroatoms. The summed E-state index contributed by atoms with van der Waals surface area (Å²) < 4.78 is 44.3. The molecule has 3 aliphatic rings. The molecule has 1 saturated heterocycles. The molecular weight excluding hydrogens is 445 g/mol. The number of pyridine rings is 1. The first kappa shape index (κ1) is 23.4. The Morgan fingerprint density at radius 2 is 1.85 bits per heavy atom. The molecule has 2 saturated carbocycles. The Kier molecular flexibility index (Phi) is 5.79. The molecule has 0 aromatic carbocycles. The minimum atomic E-state index is -4.83. The Labute approximate surface area is 198 Å². The molecule has 2 aliphatic carbocycles. The number of nitrogens with zero attached hydrogens (tertiary/aromatic N) is 5. The molecule has 2 N–H and O–H groups in total. The van der Waals surface area contributed by atoms with Crippen LogP contribution in [0.5, 0.6) is 5.75 Å². The lowest BCUT2D eigenvalue weighted by Crippen LogP contribution is -2.54. The highest BCUT2D eigenvalue weighted by molar-refractivity contribution is 5.64. The van der Waals surface area contributed by atoms with Crippen molar-refractivity contribution in [2.45, 2.75) is 64.0 Å². The highest BCUT2D eigenvalue weighted by atomic mass is 19.4. The lowest BCUT2D eigenvalue weighted by molar-refractivity contribution is -0.274. The topological polar surface area (TPSA) is 72.4 Å². The Morgan fingerprint density at radius 3 is 2.47 bits per heavy atom. The minimum Gasteiger partial charge on any atom is -0.402 e. The summed E-state index contributed by atoms with van der Waals surface area (Å²) in [5.74, 6) is 0.944. The van der Waals surface area contributed by atoms with Gasteiger partial charge in [0.15, 0.2) is 11.6 Å². The summed E-state index contributed by atoms with van der Waals surface area (Å²) >= 11 is 0. The van der Waals surface area contributed by atoms with Crippen molar-refractivity contribution < 1.29 is 17.9 Å². The fourth-order valence-electron chi connectivity index (χ4n) is 6.23. The Balaban J connectivity index is 1.35. The number of anilines is 1. The number of alkyl halides is 3. The molecule has 1 aliphatic heterocycles. The highest BCUT2D eigenvalue weighted by Gasteiger charge is 2.59. The molecular formula is C24H33F3N6O. The van der Waals surface area contributed by atoms with Crippen molar-refractivity contribution >= 4 is 5.82 Å². The molecule has 186 valence electrons. The van der Waals surface area contributed by atoms with E-state index in [4.69, 9.17) is 10.8 Å². The van der Waals surface area contributed by atoms with Gasteiger partial charge in [-0.3, -0.25) is 9.58 Å². The molecule has 0 radical (unpaired) electrons. The molecule has 34 heavy (non-hydrogen) atoms. The summed E-state index contributed by atoms with van der Waals surface area (Å²) in [5, 5.41) is 4.75. The third-order valence-electron chi connectivity index (χ3n) is 7.77. The Morgan fingerprint density at radius 1 is 1.15 bits per heavy atom. The van der Waals surface area contributed by atoms with Gasteiger partial charge in [-0.2, -0.15) is 5.10 Å². The van der Waals surface area contributed by atoms with E-state index in [9.17, 15) is 13.2 Å². The zero-order valence-corrected chi connectivity index (χ0v) is 20.1. The summed E-state index contributed by atoms with van der Waals surface area (Å²) in [6.07, 6.45) is -0.974. The van der Waals surface area contributed by atoms with Crippen molar-refractivity contribution in [2.24, 2.45) is 11.8 Å². The van der Waals surface area contributed by atoms with Gasteiger partial charge >= 0.3 is 6.36 Å². The smallest absolute Gasteiger partial charge is 0.402 e. The second-order valence-electron chi connectivity index (χ2n) is 10.5. The number of nitrogen functional groups attached to an aromatic ring is 1. The van der Waals surface area contributed by atoms with Crippen LogP contribution >= 0.6 is 0 Å². The van der Waals surface area contributed by atoms with Crippen LogP contribution in [0.15, 0.2) is 18.3 Å². The third-order valence-corrected chi connectivity index (χ3v) is 7.77. The number of ether oxygens (including phenoxy) is 1. The summed E-state index contributed by atoms with van der Waals surface area (Å²) in [5.41, 5.74) is 7.83. The van der Waals surface area contributed by atoms with E-state index in [0.717, 1.165) is 19.6 Å².